The van der Waals surface area contributed by atoms with E-state index in [0.29, 0.717) is 32.8 Å². The molecule has 0 bridgehead atoms. The third-order valence-corrected chi connectivity index (χ3v) is 4.47. The van der Waals surface area contributed by atoms with Crippen LogP contribution in [-0.4, -0.2) is 25.9 Å². The van der Waals surface area contributed by atoms with Gasteiger partial charge in [0.05, 0.1) is 17.2 Å². The Labute approximate surface area is 175 Å². The minimum Gasteiger partial charge on any atom is -0.486 e. The van der Waals surface area contributed by atoms with Crippen molar-refractivity contribution in [3.63, 3.8) is 0 Å². The molecule has 0 atom stereocenters. The van der Waals surface area contributed by atoms with E-state index in [-0.39, 0.29) is 12.3 Å². The summed E-state index contributed by atoms with van der Waals surface area (Å²) in [4.78, 5) is 16.8. The molecule has 5 nitrogen and oxygen atoms in total. The number of carbonyl (C=O) groups is 1. The van der Waals surface area contributed by atoms with Crippen LogP contribution in [0, 0.1) is 5.92 Å². The number of hydrogen-bond acceptors (Lipinski definition) is 5. The van der Waals surface area contributed by atoms with Crippen LogP contribution in [0.25, 0.3) is 0 Å². The number of ether oxygens (including phenoxy) is 2. The maximum absolute atomic E-state index is 12.0. The van der Waals surface area contributed by atoms with Gasteiger partial charge in [-0.3, -0.25) is 0 Å². The van der Waals surface area contributed by atoms with Crippen LogP contribution in [-0.2, 0) is 27.4 Å². The molecule has 0 aliphatic heterocycles. The highest BCUT2D eigenvalue weighted by Crippen LogP contribution is 2.35. The van der Waals surface area contributed by atoms with Crippen molar-refractivity contribution in [2.45, 2.75) is 26.9 Å². The minimum absolute atomic E-state index is 0.0497. The van der Waals surface area contributed by atoms with Gasteiger partial charge in [0.1, 0.15) is 13.7 Å². The lowest BCUT2D eigenvalue weighted by Gasteiger charge is -2.15. The molecule has 2 aromatic rings. The number of hydrogen-bond donors (Lipinski definition) is 0. The summed E-state index contributed by atoms with van der Waals surface area (Å²) in [5.74, 6) is 0.278. The maximum Gasteiger partial charge on any atom is 0.360 e. The van der Waals surface area contributed by atoms with Gasteiger partial charge in [-0.1, -0.05) is 66.5 Å². The van der Waals surface area contributed by atoms with Crippen LogP contribution >= 0.6 is 23.2 Å². The number of halogens is 2. The molecule has 0 unspecified atom stereocenters. The average Bonchev–Trinajstić information content (AvgIpc) is 2.65. The van der Waals surface area contributed by atoms with Gasteiger partial charge in [0.15, 0.2) is 11.5 Å². The number of esters is 1. The standard InChI is InChI=1S/C21H23Cl2NO4/c1-13(2)9-14-10-17(22)20(18(23)11-14)28-12-15-7-5-6-8-16(15)19(24-27-4)21(25)26-3/h5-8,10-11,13H,9,12H2,1-4H3/b24-19+. The Bertz CT molecular complexity index is 842. The zero-order valence-corrected chi connectivity index (χ0v) is 17.8. The molecule has 2 aromatic carbocycles. The lowest BCUT2D eigenvalue weighted by Crippen LogP contribution is -2.19. The Kier molecular flexibility index (Phi) is 8.15. The Balaban J connectivity index is 2.29. The third kappa shape index (κ3) is 5.63. The molecular weight excluding hydrogens is 401 g/mol. The molecule has 0 saturated carbocycles. The topological polar surface area (TPSA) is 57.1 Å². The number of rotatable bonds is 8. The van der Waals surface area contributed by atoms with E-state index in [1.54, 1.807) is 12.1 Å². The van der Waals surface area contributed by atoms with Gasteiger partial charge in [-0.05, 0) is 35.6 Å². The van der Waals surface area contributed by atoms with Gasteiger partial charge in [0, 0.05) is 5.56 Å². The molecule has 150 valence electrons. The molecule has 0 fully saturated rings. The number of methoxy groups -OCH3 is 1. The Morgan fingerprint density at radius 3 is 2.32 bits per heavy atom. The molecule has 0 aliphatic carbocycles. The van der Waals surface area contributed by atoms with E-state index in [4.69, 9.17) is 37.5 Å². The molecule has 0 radical (unpaired) electrons. The molecule has 2 rings (SSSR count). The Morgan fingerprint density at radius 2 is 1.75 bits per heavy atom. The van der Waals surface area contributed by atoms with Gasteiger partial charge < -0.3 is 14.3 Å². The Hall–Kier alpha value is -2.24. The first-order chi connectivity index (χ1) is 13.4. The number of carbonyl (C=O) groups excluding carboxylic acids is 1. The molecule has 28 heavy (non-hydrogen) atoms. The van der Waals surface area contributed by atoms with Crippen LogP contribution in [0.2, 0.25) is 10.0 Å². The minimum atomic E-state index is -0.608. The lowest BCUT2D eigenvalue weighted by atomic mass is 10.0. The van der Waals surface area contributed by atoms with Gasteiger partial charge in [0.25, 0.3) is 0 Å². The van der Waals surface area contributed by atoms with E-state index in [1.807, 2.05) is 24.3 Å². The van der Waals surface area contributed by atoms with Crippen molar-refractivity contribution in [2.24, 2.45) is 11.1 Å². The highest BCUT2D eigenvalue weighted by molar-refractivity contribution is 6.43. The zero-order valence-electron chi connectivity index (χ0n) is 16.3. The summed E-state index contributed by atoms with van der Waals surface area (Å²) in [5, 5.41) is 4.68. The molecule has 0 aliphatic rings. The summed E-state index contributed by atoms with van der Waals surface area (Å²) in [7, 11) is 2.64. The predicted octanol–water partition coefficient (Wildman–Crippen LogP) is 5.29. The first kappa shape index (κ1) is 22.1. The average molecular weight is 424 g/mol. The number of benzene rings is 2. The summed E-state index contributed by atoms with van der Waals surface area (Å²) in [6.07, 6.45) is 0.874. The van der Waals surface area contributed by atoms with Crippen molar-refractivity contribution in [3.05, 3.63) is 63.1 Å². The smallest absolute Gasteiger partial charge is 0.360 e. The second-order valence-electron chi connectivity index (χ2n) is 6.55. The van der Waals surface area contributed by atoms with Crippen molar-refractivity contribution >= 4 is 34.9 Å². The fourth-order valence-corrected chi connectivity index (χ4v) is 3.39. The fourth-order valence-electron chi connectivity index (χ4n) is 2.75. The summed E-state index contributed by atoms with van der Waals surface area (Å²) in [6.45, 7) is 4.39. The van der Waals surface area contributed by atoms with Gasteiger partial charge in [-0.25, -0.2) is 4.79 Å². The summed E-state index contributed by atoms with van der Waals surface area (Å²) >= 11 is 12.8. The molecule has 0 heterocycles. The van der Waals surface area contributed by atoms with Crippen LogP contribution in [0.1, 0.15) is 30.5 Å². The SMILES string of the molecule is CO/N=C(/C(=O)OC)c1ccccc1COc1c(Cl)cc(CC(C)C)cc1Cl. The van der Waals surface area contributed by atoms with Crippen molar-refractivity contribution in [1.82, 2.24) is 0 Å². The highest BCUT2D eigenvalue weighted by atomic mass is 35.5. The molecule has 0 saturated heterocycles. The molecule has 0 aromatic heterocycles. The van der Waals surface area contributed by atoms with Crippen LogP contribution in [0.15, 0.2) is 41.6 Å². The maximum atomic E-state index is 12.0. The van der Waals surface area contributed by atoms with Gasteiger partial charge in [-0.2, -0.15) is 0 Å². The summed E-state index contributed by atoms with van der Waals surface area (Å²) < 4.78 is 10.7. The van der Waals surface area contributed by atoms with E-state index in [2.05, 4.69) is 19.0 Å². The Morgan fingerprint density at radius 1 is 1.11 bits per heavy atom. The molecular formula is C21H23Cl2NO4. The van der Waals surface area contributed by atoms with E-state index in [1.165, 1.54) is 14.2 Å². The second-order valence-corrected chi connectivity index (χ2v) is 7.36. The number of nitrogens with zero attached hydrogens (tertiary/aromatic N) is 1. The normalized spacial score (nSPS) is 11.5. The quantitative estimate of drug-likeness (QED) is 0.328. The number of oxime groups is 1. The van der Waals surface area contributed by atoms with Crippen LogP contribution in [0.4, 0.5) is 0 Å². The van der Waals surface area contributed by atoms with E-state index < -0.39 is 5.97 Å². The van der Waals surface area contributed by atoms with Crippen LogP contribution < -0.4 is 4.74 Å². The lowest BCUT2D eigenvalue weighted by molar-refractivity contribution is -0.132. The van der Waals surface area contributed by atoms with Gasteiger partial charge in [0.2, 0.25) is 0 Å². The van der Waals surface area contributed by atoms with Crippen LogP contribution in [0.5, 0.6) is 5.75 Å². The van der Waals surface area contributed by atoms with Gasteiger partial charge >= 0.3 is 5.97 Å². The van der Waals surface area contributed by atoms with Crippen molar-refractivity contribution < 1.29 is 19.1 Å². The van der Waals surface area contributed by atoms with E-state index in [0.717, 1.165) is 12.0 Å². The van der Waals surface area contributed by atoms with Crippen molar-refractivity contribution in [1.29, 1.82) is 0 Å². The highest BCUT2D eigenvalue weighted by Gasteiger charge is 2.20. The second kappa shape index (κ2) is 10.3. The molecule has 7 heteroatoms. The first-order valence-corrected chi connectivity index (χ1v) is 9.51. The largest absolute Gasteiger partial charge is 0.486 e. The van der Waals surface area contributed by atoms with E-state index >= 15 is 0 Å². The first-order valence-electron chi connectivity index (χ1n) is 8.75. The molecule has 0 spiro atoms. The molecule has 0 amide bonds. The van der Waals surface area contributed by atoms with Gasteiger partial charge in [-0.15, -0.1) is 0 Å². The summed E-state index contributed by atoms with van der Waals surface area (Å²) in [6, 6.07) is 10.9. The van der Waals surface area contributed by atoms with E-state index in [9.17, 15) is 4.79 Å². The fraction of sp³-hybridized carbons (Fsp3) is 0.333. The summed E-state index contributed by atoms with van der Waals surface area (Å²) in [5.41, 5.74) is 2.36. The zero-order chi connectivity index (χ0) is 20.7. The monoisotopic (exact) mass is 423 g/mol. The predicted molar refractivity (Wildman–Crippen MR) is 111 cm³/mol. The molecule has 0 N–H and O–H groups in total. The van der Waals surface area contributed by atoms with Crippen molar-refractivity contribution in [3.8, 4) is 5.75 Å². The van der Waals surface area contributed by atoms with Crippen LogP contribution in [0.3, 0.4) is 0 Å². The third-order valence-electron chi connectivity index (χ3n) is 3.91. The van der Waals surface area contributed by atoms with Crippen molar-refractivity contribution in [2.75, 3.05) is 14.2 Å².